The molecule has 3 aromatic rings. The summed E-state index contributed by atoms with van der Waals surface area (Å²) in [6, 6.07) is 8.71. The number of fused-ring (bicyclic) bond motifs is 1. The summed E-state index contributed by atoms with van der Waals surface area (Å²) in [7, 11) is -3.56. The van der Waals surface area contributed by atoms with Crippen molar-refractivity contribution in [3.8, 4) is 0 Å². The van der Waals surface area contributed by atoms with Crippen LogP contribution in [0.2, 0.25) is 4.34 Å². The molecule has 0 radical (unpaired) electrons. The minimum absolute atomic E-state index is 0.191. The number of pyridine rings is 1. The van der Waals surface area contributed by atoms with Crippen LogP contribution in [0.3, 0.4) is 0 Å². The van der Waals surface area contributed by atoms with Gasteiger partial charge >= 0.3 is 0 Å². The maximum Gasteiger partial charge on any atom is 0.250 e. The van der Waals surface area contributed by atoms with Crippen LogP contribution < -0.4 is 15.4 Å². The van der Waals surface area contributed by atoms with Gasteiger partial charge in [-0.2, -0.15) is 0 Å². The maximum atomic E-state index is 12.2. The molecular weight excluding hydrogens is 422 g/mol. The lowest BCUT2D eigenvalue weighted by molar-refractivity contribution is 0.582. The van der Waals surface area contributed by atoms with Gasteiger partial charge in [-0.1, -0.05) is 17.7 Å². The highest BCUT2D eigenvalue weighted by molar-refractivity contribution is 7.91. The van der Waals surface area contributed by atoms with Crippen LogP contribution in [0.4, 0.5) is 0 Å². The Bertz CT molecular complexity index is 1060. The maximum absolute atomic E-state index is 12.2. The second-order valence-electron chi connectivity index (χ2n) is 5.62. The number of nitrogens with one attached hydrogen (secondary N) is 3. The van der Waals surface area contributed by atoms with Crippen molar-refractivity contribution >= 4 is 44.6 Å². The van der Waals surface area contributed by atoms with Gasteiger partial charge in [0.2, 0.25) is 10.0 Å². The van der Waals surface area contributed by atoms with Gasteiger partial charge in [0, 0.05) is 25.8 Å². The SMILES string of the molecule is CCNC(=NCc1nnc2ccccn12)NCCNS(=O)(=O)c1ccc(Cl)s1. The fourth-order valence-corrected chi connectivity index (χ4v) is 4.93. The van der Waals surface area contributed by atoms with Gasteiger partial charge < -0.3 is 10.6 Å². The smallest absolute Gasteiger partial charge is 0.250 e. The quantitative estimate of drug-likeness (QED) is 0.277. The number of guanidine groups is 1. The van der Waals surface area contributed by atoms with E-state index in [9.17, 15) is 8.42 Å². The molecule has 0 aliphatic carbocycles. The van der Waals surface area contributed by atoms with Gasteiger partial charge in [0.1, 0.15) is 10.8 Å². The van der Waals surface area contributed by atoms with E-state index in [1.165, 1.54) is 6.07 Å². The standard InChI is InChI=1S/C16H20ClN7O2S2/c1-2-18-16(20-11-14-23-22-13-5-3-4-10-24(13)14)19-8-9-21-28(25,26)15-7-6-12(17)27-15/h3-7,10,21H,2,8-9,11H2,1H3,(H2,18,19,20). The zero-order chi connectivity index (χ0) is 20.0. The van der Waals surface area contributed by atoms with E-state index in [0.29, 0.717) is 35.8 Å². The average molecular weight is 442 g/mol. The van der Waals surface area contributed by atoms with Crippen molar-refractivity contribution in [3.05, 3.63) is 46.7 Å². The predicted molar refractivity (Wildman–Crippen MR) is 110 cm³/mol. The van der Waals surface area contributed by atoms with Crippen LogP contribution in [0, 0.1) is 0 Å². The molecule has 0 bridgehead atoms. The Morgan fingerprint density at radius 2 is 2.07 bits per heavy atom. The molecular formula is C16H20ClN7O2S2. The van der Waals surface area contributed by atoms with Crippen LogP contribution in [-0.4, -0.2) is 48.6 Å². The molecule has 0 saturated carbocycles. The van der Waals surface area contributed by atoms with Crippen molar-refractivity contribution in [2.75, 3.05) is 19.6 Å². The van der Waals surface area contributed by atoms with E-state index in [-0.39, 0.29) is 10.8 Å². The van der Waals surface area contributed by atoms with Crippen LogP contribution in [0.15, 0.2) is 45.7 Å². The Labute approximate surface area is 171 Å². The third-order valence-electron chi connectivity index (χ3n) is 3.63. The number of halogens is 1. The number of rotatable bonds is 8. The molecule has 0 aliphatic heterocycles. The molecule has 12 heteroatoms. The van der Waals surface area contributed by atoms with Gasteiger partial charge in [-0.15, -0.1) is 21.5 Å². The Hall–Kier alpha value is -2.21. The van der Waals surface area contributed by atoms with Gasteiger partial charge in [0.25, 0.3) is 0 Å². The largest absolute Gasteiger partial charge is 0.357 e. The van der Waals surface area contributed by atoms with Gasteiger partial charge in [0.05, 0.1) is 4.34 Å². The lowest BCUT2D eigenvalue weighted by Crippen LogP contribution is -2.41. The zero-order valence-corrected chi connectivity index (χ0v) is 17.5. The first-order valence-electron chi connectivity index (χ1n) is 8.55. The molecule has 0 atom stereocenters. The summed E-state index contributed by atoms with van der Waals surface area (Å²) in [6.45, 7) is 3.53. The number of aromatic nitrogens is 3. The molecule has 0 amide bonds. The van der Waals surface area contributed by atoms with Crippen molar-refractivity contribution in [3.63, 3.8) is 0 Å². The molecule has 0 spiro atoms. The molecule has 28 heavy (non-hydrogen) atoms. The number of nitrogens with zero attached hydrogens (tertiary/aromatic N) is 4. The lowest BCUT2D eigenvalue weighted by Gasteiger charge is -2.11. The van der Waals surface area contributed by atoms with Crippen LogP contribution in [0.25, 0.3) is 5.65 Å². The Kier molecular flexibility index (Phi) is 6.83. The first-order valence-corrected chi connectivity index (χ1v) is 11.2. The fraction of sp³-hybridized carbons (Fsp3) is 0.312. The van der Waals surface area contributed by atoms with Crippen LogP contribution in [0.5, 0.6) is 0 Å². The van der Waals surface area contributed by atoms with Crippen molar-refractivity contribution in [1.29, 1.82) is 0 Å². The number of aliphatic imine (C=N–C) groups is 1. The van der Waals surface area contributed by atoms with Gasteiger partial charge in [-0.25, -0.2) is 18.1 Å². The van der Waals surface area contributed by atoms with E-state index in [4.69, 9.17) is 11.6 Å². The first-order chi connectivity index (χ1) is 13.5. The lowest BCUT2D eigenvalue weighted by atomic mass is 10.4. The van der Waals surface area contributed by atoms with Crippen molar-refractivity contribution in [1.82, 2.24) is 30.0 Å². The van der Waals surface area contributed by atoms with Crippen molar-refractivity contribution < 1.29 is 8.42 Å². The minimum atomic E-state index is -3.56. The molecule has 0 saturated heterocycles. The average Bonchev–Trinajstić information content (AvgIpc) is 3.30. The minimum Gasteiger partial charge on any atom is -0.357 e. The molecule has 9 nitrogen and oxygen atoms in total. The normalized spacial score (nSPS) is 12.4. The third-order valence-corrected chi connectivity index (χ3v) is 6.81. The van der Waals surface area contributed by atoms with Gasteiger partial charge in [-0.3, -0.25) is 4.40 Å². The van der Waals surface area contributed by atoms with Gasteiger partial charge in [-0.05, 0) is 31.2 Å². The summed E-state index contributed by atoms with van der Waals surface area (Å²) in [5.74, 6) is 1.27. The summed E-state index contributed by atoms with van der Waals surface area (Å²) >= 11 is 6.81. The topological polar surface area (TPSA) is 113 Å². The molecule has 0 fully saturated rings. The monoisotopic (exact) mass is 441 g/mol. The zero-order valence-electron chi connectivity index (χ0n) is 15.1. The van der Waals surface area contributed by atoms with E-state index >= 15 is 0 Å². The highest BCUT2D eigenvalue weighted by Gasteiger charge is 2.15. The highest BCUT2D eigenvalue weighted by atomic mass is 35.5. The summed E-state index contributed by atoms with van der Waals surface area (Å²) in [5.41, 5.74) is 0.758. The molecule has 0 unspecified atom stereocenters. The molecule has 3 rings (SSSR count). The second-order valence-corrected chi connectivity index (χ2v) is 9.33. The summed E-state index contributed by atoms with van der Waals surface area (Å²) in [5, 5.41) is 14.4. The van der Waals surface area contributed by atoms with Crippen LogP contribution >= 0.6 is 22.9 Å². The molecule has 0 aliphatic rings. The van der Waals surface area contributed by atoms with Crippen molar-refractivity contribution in [2.45, 2.75) is 17.7 Å². The number of thiophene rings is 1. The van der Waals surface area contributed by atoms with Crippen LogP contribution in [-0.2, 0) is 16.6 Å². The molecule has 3 heterocycles. The third kappa shape index (κ3) is 5.19. The molecule has 3 aromatic heterocycles. The van der Waals surface area contributed by atoms with Gasteiger partial charge in [0.15, 0.2) is 17.4 Å². The number of hydrogen-bond donors (Lipinski definition) is 3. The second kappa shape index (κ2) is 9.32. The molecule has 150 valence electrons. The first kappa shape index (κ1) is 20.5. The molecule has 0 aromatic carbocycles. The van der Waals surface area contributed by atoms with E-state index in [1.807, 2.05) is 35.7 Å². The fourth-order valence-electron chi connectivity index (χ4n) is 2.37. The summed E-state index contributed by atoms with van der Waals surface area (Å²) in [6.07, 6.45) is 1.88. The van der Waals surface area contributed by atoms with Crippen molar-refractivity contribution in [2.24, 2.45) is 4.99 Å². The molecule has 3 N–H and O–H groups in total. The van der Waals surface area contributed by atoms with E-state index < -0.39 is 10.0 Å². The van der Waals surface area contributed by atoms with E-state index in [2.05, 4.69) is 30.5 Å². The summed E-state index contributed by atoms with van der Waals surface area (Å²) < 4.78 is 29.4. The number of hydrogen-bond acceptors (Lipinski definition) is 6. The Balaban J connectivity index is 1.55. The van der Waals surface area contributed by atoms with Crippen LogP contribution in [0.1, 0.15) is 12.7 Å². The summed E-state index contributed by atoms with van der Waals surface area (Å²) in [4.78, 5) is 4.48. The number of sulfonamides is 1. The Morgan fingerprint density at radius 1 is 1.21 bits per heavy atom. The Morgan fingerprint density at radius 3 is 2.82 bits per heavy atom. The predicted octanol–water partition coefficient (Wildman–Crippen LogP) is 1.48. The highest BCUT2D eigenvalue weighted by Crippen LogP contribution is 2.25. The van der Waals surface area contributed by atoms with E-state index in [1.54, 1.807) is 6.07 Å². The van der Waals surface area contributed by atoms with E-state index in [0.717, 1.165) is 17.0 Å².